The number of nitrogens with one attached hydrogen (secondary N) is 2. The number of H-pyrrole nitrogens is 1. The van der Waals surface area contributed by atoms with Gasteiger partial charge in [-0.3, -0.25) is 5.10 Å². The topological polar surface area (TPSA) is 99.3 Å². The molecule has 0 aliphatic carbocycles. The molecule has 3 rings (SSSR count). The van der Waals surface area contributed by atoms with Gasteiger partial charge in [0.25, 0.3) is 0 Å². The van der Waals surface area contributed by atoms with E-state index >= 15 is 0 Å². The van der Waals surface area contributed by atoms with Crippen LogP contribution in [-0.2, 0) is 6.42 Å². The number of aromatic amines is 1. The zero-order valence-corrected chi connectivity index (χ0v) is 15.4. The summed E-state index contributed by atoms with van der Waals surface area (Å²) >= 11 is 0. The van der Waals surface area contributed by atoms with Gasteiger partial charge in [-0.15, -0.1) is 0 Å². The minimum absolute atomic E-state index is 0.0185. The van der Waals surface area contributed by atoms with Gasteiger partial charge >= 0.3 is 6.03 Å². The van der Waals surface area contributed by atoms with Crippen LogP contribution in [0.2, 0.25) is 0 Å². The number of carbonyl (C=O) groups excluding carboxylic acids is 1. The Balaban J connectivity index is 1.48. The van der Waals surface area contributed by atoms with Crippen molar-refractivity contribution in [2.45, 2.75) is 26.3 Å². The average Bonchev–Trinajstić information content (AvgIpc) is 3.06. The number of urea groups is 1. The fourth-order valence-corrected chi connectivity index (χ4v) is 2.95. The Kier molecular flexibility index (Phi) is 5.55. The van der Waals surface area contributed by atoms with Gasteiger partial charge in [0.05, 0.1) is 12.8 Å². The molecule has 2 amide bonds. The van der Waals surface area contributed by atoms with E-state index in [4.69, 9.17) is 4.74 Å². The maximum absolute atomic E-state index is 12.5. The van der Waals surface area contributed by atoms with Gasteiger partial charge in [-0.2, -0.15) is 10.1 Å². The standard InChI is InChI=1S/C17H25N7O2/c1-12(10-14-11-13(2)21-22-14)19-17(25)24-8-6-23(7-9-24)16-18-5-4-15(20-16)26-3/h4-5,11-12H,6-10H2,1-3H3,(H,19,25)(H,21,22)/t12-/m0/s1. The summed E-state index contributed by atoms with van der Waals surface area (Å²) in [4.78, 5) is 25.0. The number of carbonyl (C=O) groups is 1. The Bertz CT molecular complexity index is 740. The second-order valence-electron chi connectivity index (χ2n) is 6.47. The van der Waals surface area contributed by atoms with E-state index in [1.54, 1.807) is 19.4 Å². The van der Waals surface area contributed by atoms with Crippen LogP contribution in [0.3, 0.4) is 0 Å². The SMILES string of the molecule is COc1ccnc(N2CCN(C(=O)N[C@@H](C)Cc3cc(C)[nH]n3)CC2)n1. The molecule has 26 heavy (non-hydrogen) atoms. The number of piperazine rings is 1. The monoisotopic (exact) mass is 359 g/mol. The maximum Gasteiger partial charge on any atom is 0.317 e. The molecule has 1 saturated heterocycles. The first-order valence-corrected chi connectivity index (χ1v) is 8.73. The smallest absolute Gasteiger partial charge is 0.317 e. The number of rotatable bonds is 5. The number of hydrogen-bond donors (Lipinski definition) is 2. The van der Waals surface area contributed by atoms with E-state index in [0.717, 1.165) is 11.4 Å². The number of nitrogens with zero attached hydrogens (tertiary/aromatic N) is 5. The predicted octanol–water partition coefficient (Wildman–Crippen LogP) is 0.980. The zero-order valence-electron chi connectivity index (χ0n) is 15.4. The molecule has 3 heterocycles. The van der Waals surface area contributed by atoms with E-state index in [1.165, 1.54) is 0 Å². The number of anilines is 1. The van der Waals surface area contributed by atoms with Gasteiger partial charge < -0.3 is 19.9 Å². The van der Waals surface area contributed by atoms with Crippen molar-refractivity contribution in [3.05, 3.63) is 29.7 Å². The lowest BCUT2D eigenvalue weighted by Gasteiger charge is -2.35. The highest BCUT2D eigenvalue weighted by Gasteiger charge is 2.23. The lowest BCUT2D eigenvalue weighted by atomic mass is 10.2. The fourth-order valence-electron chi connectivity index (χ4n) is 2.95. The van der Waals surface area contributed by atoms with Crippen molar-refractivity contribution in [3.63, 3.8) is 0 Å². The minimum Gasteiger partial charge on any atom is -0.481 e. The summed E-state index contributed by atoms with van der Waals surface area (Å²) in [5, 5.41) is 10.2. The van der Waals surface area contributed by atoms with Crippen molar-refractivity contribution in [2.75, 3.05) is 38.2 Å². The Morgan fingerprint density at radius 2 is 2.15 bits per heavy atom. The van der Waals surface area contributed by atoms with Gasteiger partial charge in [-0.25, -0.2) is 9.78 Å². The first-order chi connectivity index (χ1) is 12.5. The van der Waals surface area contributed by atoms with Crippen molar-refractivity contribution < 1.29 is 9.53 Å². The molecule has 0 radical (unpaired) electrons. The van der Waals surface area contributed by atoms with E-state index in [2.05, 4.69) is 30.4 Å². The minimum atomic E-state index is -0.0454. The number of aromatic nitrogens is 4. The summed E-state index contributed by atoms with van der Waals surface area (Å²) in [6.45, 7) is 6.58. The quantitative estimate of drug-likeness (QED) is 0.826. The highest BCUT2D eigenvalue weighted by atomic mass is 16.5. The number of ether oxygens (including phenoxy) is 1. The van der Waals surface area contributed by atoms with E-state index in [0.29, 0.717) is 44.4 Å². The molecule has 9 nitrogen and oxygen atoms in total. The highest BCUT2D eigenvalue weighted by Crippen LogP contribution is 2.14. The highest BCUT2D eigenvalue weighted by molar-refractivity contribution is 5.74. The molecule has 0 saturated carbocycles. The molecule has 9 heteroatoms. The van der Waals surface area contributed by atoms with Gasteiger partial charge in [0.2, 0.25) is 11.8 Å². The predicted molar refractivity (Wildman–Crippen MR) is 97.4 cm³/mol. The van der Waals surface area contributed by atoms with Crippen molar-refractivity contribution in [3.8, 4) is 5.88 Å². The van der Waals surface area contributed by atoms with Crippen LogP contribution < -0.4 is 15.0 Å². The first kappa shape index (κ1) is 18.0. The lowest BCUT2D eigenvalue weighted by Crippen LogP contribution is -2.53. The Morgan fingerprint density at radius 1 is 1.38 bits per heavy atom. The summed E-state index contributed by atoms with van der Waals surface area (Å²) in [6.07, 6.45) is 2.38. The van der Waals surface area contributed by atoms with Gasteiger partial charge in [-0.1, -0.05) is 0 Å². The molecule has 0 spiro atoms. The van der Waals surface area contributed by atoms with Gasteiger partial charge in [-0.05, 0) is 19.9 Å². The normalized spacial score (nSPS) is 15.7. The van der Waals surface area contributed by atoms with Crippen molar-refractivity contribution in [1.82, 2.24) is 30.4 Å². The van der Waals surface area contributed by atoms with Crippen LogP contribution in [-0.4, -0.2) is 70.4 Å². The lowest BCUT2D eigenvalue weighted by molar-refractivity contribution is 0.190. The van der Waals surface area contributed by atoms with E-state index in [1.807, 2.05) is 24.8 Å². The van der Waals surface area contributed by atoms with E-state index in [9.17, 15) is 4.79 Å². The zero-order chi connectivity index (χ0) is 18.5. The largest absolute Gasteiger partial charge is 0.481 e. The van der Waals surface area contributed by atoms with Gasteiger partial charge in [0, 0.05) is 56.6 Å². The van der Waals surface area contributed by atoms with Crippen LogP contribution in [0.5, 0.6) is 5.88 Å². The molecule has 2 N–H and O–H groups in total. The molecule has 2 aromatic heterocycles. The fraction of sp³-hybridized carbons (Fsp3) is 0.529. The summed E-state index contributed by atoms with van der Waals surface area (Å²) in [5.41, 5.74) is 1.98. The third kappa shape index (κ3) is 4.41. The molecular weight excluding hydrogens is 334 g/mol. The molecule has 0 aromatic carbocycles. The van der Waals surface area contributed by atoms with Crippen LogP contribution in [0.1, 0.15) is 18.3 Å². The second-order valence-corrected chi connectivity index (χ2v) is 6.47. The van der Waals surface area contributed by atoms with Crippen molar-refractivity contribution in [2.24, 2.45) is 0 Å². The number of methoxy groups -OCH3 is 1. The molecular formula is C17H25N7O2. The number of aryl methyl sites for hydroxylation is 1. The van der Waals surface area contributed by atoms with Crippen LogP contribution in [0.25, 0.3) is 0 Å². The second kappa shape index (κ2) is 8.03. The number of hydrogen-bond acceptors (Lipinski definition) is 6. The molecule has 0 bridgehead atoms. The molecule has 0 unspecified atom stereocenters. The Hall–Kier alpha value is -2.84. The molecule has 2 aromatic rings. The van der Waals surface area contributed by atoms with Crippen LogP contribution >= 0.6 is 0 Å². The average molecular weight is 359 g/mol. The molecule has 1 atom stereocenters. The van der Waals surface area contributed by atoms with E-state index < -0.39 is 0 Å². The Labute approximate surface area is 152 Å². The van der Waals surface area contributed by atoms with Gasteiger partial charge in [0.15, 0.2) is 0 Å². The maximum atomic E-state index is 12.5. The summed E-state index contributed by atoms with van der Waals surface area (Å²) in [5.74, 6) is 1.17. The third-order valence-electron chi connectivity index (χ3n) is 4.32. The summed E-state index contributed by atoms with van der Waals surface area (Å²) < 4.78 is 5.14. The van der Waals surface area contributed by atoms with Crippen LogP contribution in [0, 0.1) is 6.92 Å². The van der Waals surface area contributed by atoms with Crippen LogP contribution in [0.4, 0.5) is 10.7 Å². The van der Waals surface area contributed by atoms with E-state index in [-0.39, 0.29) is 12.1 Å². The van der Waals surface area contributed by atoms with Crippen molar-refractivity contribution >= 4 is 12.0 Å². The number of amides is 2. The molecule has 1 aliphatic rings. The molecule has 140 valence electrons. The summed E-state index contributed by atoms with van der Waals surface area (Å²) in [7, 11) is 1.58. The first-order valence-electron chi connectivity index (χ1n) is 8.73. The Morgan fingerprint density at radius 3 is 2.81 bits per heavy atom. The third-order valence-corrected chi connectivity index (χ3v) is 4.32. The van der Waals surface area contributed by atoms with Gasteiger partial charge in [0.1, 0.15) is 0 Å². The van der Waals surface area contributed by atoms with Crippen molar-refractivity contribution in [1.29, 1.82) is 0 Å². The summed E-state index contributed by atoms with van der Waals surface area (Å²) in [6, 6.07) is 3.69. The molecule has 1 fully saturated rings. The molecule has 1 aliphatic heterocycles. The van der Waals surface area contributed by atoms with Crippen LogP contribution in [0.15, 0.2) is 18.3 Å².